The van der Waals surface area contributed by atoms with Crippen LogP contribution in [0.1, 0.15) is 15.9 Å². The van der Waals surface area contributed by atoms with E-state index < -0.39 is 17.4 Å². The maximum Gasteiger partial charge on any atom is 0.192 e. The highest BCUT2D eigenvalue weighted by atomic mass is 19.1. The van der Waals surface area contributed by atoms with Crippen LogP contribution in [0.5, 0.6) is 5.75 Å². The van der Waals surface area contributed by atoms with Crippen LogP contribution >= 0.6 is 0 Å². The predicted octanol–water partition coefficient (Wildman–Crippen LogP) is 3.37. The van der Waals surface area contributed by atoms with Crippen molar-refractivity contribution >= 4 is 5.78 Å². The van der Waals surface area contributed by atoms with Gasteiger partial charge in [0.05, 0.1) is 19.3 Å². The molecule has 5 heteroatoms. The molecule has 0 spiro atoms. The summed E-state index contributed by atoms with van der Waals surface area (Å²) in [5.74, 6) is -2.56. The molecule has 2 aromatic carbocycles. The zero-order valence-electron chi connectivity index (χ0n) is 11.4. The molecule has 0 aliphatic rings. The van der Waals surface area contributed by atoms with Gasteiger partial charge in [0.1, 0.15) is 12.4 Å². The molecule has 0 N–H and O–H groups in total. The van der Waals surface area contributed by atoms with E-state index in [4.69, 9.17) is 9.47 Å². The van der Waals surface area contributed by atoms with Gasteiger partial charge in [0.25, 0.3) is 0 Å². The highest BCUT2D eigenvalue weighted by Gasteiger charge is 2.18. The third kappa shape index (κ3) is 3.86. The van der Waals surface area contributed by atoms with Gasteiger partial charge in [-0.3, -0.25) is 4.79 Å². The highest BCUT2D eigenvalue weighted by molar-refractivity contribution is 5.99. The standard InChI is InChI=1S/C16H14F2O3/c1-20-16-13(7-12(17)8-14(16)18)15(19)10-21-9-11-5-3-2-4-6-11/h2-8H,9-10H2,1H3. The summed E-state index contributed by atoms with van der Waals surface area (Å²) in [4.78, 5) is 12.0. The molecule has 0 aliphatic heterocycles. The first-order chi connectivity index (χ1) is 10.1. The summed E-state index contributed by atoms with van der Waals surface area (Å²) in [6.07, 6.45) is 0. The lowest BCUT2D eigenvalue weighted by atomic mass is 10.1. The van der Waals surface area contributed by atoms with Crippen molar-refractivity contribution < 1.29 is 23.0 Å². The van der Waals surface area contributed by atoms with E-state index in [9.17, 15) is 13.6 Å². The quantitative estimate of drug-likeness (QED) is 0.766. The van der Waals surface area contributed by atoms with E-state index in [2.05, 4.69) is 0 Å². The third-order valence-corrected chi connectivity index (χ3v) is 2.86. The molecule has 2 rings (SSSR count). The minimum Gasteiger partial charge on any atom is -0.493 e. The Hall–Kier alpha value is -2.27. The Labute approximate surface area is 121 Å². The van der Waals surface area contributed by atoms with Gasteiger partial charge in [-0.25, -0.2) is 8.78 Å². The van der Waals surface area contributed by atoms with Crippen molar-refractivity contribution in [2.45, 2.75) is 6.61 Å². The number of Topliss-reactive ketones (excluding diaryl/α,β-unsaturated/α-hetero) is 1. The first-order valence-corrected chi connectivity index (χ1v) is 6.29. The van der Waals surface area contributed by atoms with Gasteiger partial charge in [0.2, 0.25) is 0 Å². The molecule has 0 atom stereocenters. The summed E-state index contributed by atoms with van der Waals surface area (Å²) in [5, 5.41) is 0. The van der Waals surface area contributed by atoms with Crippen molar-refractivity contribution in [2.24, 2.45) is 0 Å². The monoisotopic (exact) mass is 292 g/mol. The molecule has 110 valence electrons. The molecule has 0 saturated carbocycles. The lowest BCUT2D eigenvalue weighted by Crippen LogP contribution is -2.12. The van der Waals surface area contributed by atoms with Gasteiger partial charge in [-0.2, -0.15) is 0 Å². The topological polar surface area (TPSA) is 35.5 Å². The number of rotatable bonds is 6. The van der Waals surface area contributed by atoms with E-state index >= 15 is 0 Å². The van der Waals surface area contributed by atoms with Crippen molar-refractivity contribution in [3.63, 3.8) is 0 Å². The van der Waals surface area contributed by atoms with Gasteiger partial charge in [-0.1, -0.05) is 30.3 Å². The Morgan fingerprint density at radius 3 is 2.52 bits per heavy atom. The number of ketones is 1. The van der Waals surface area contributed by atoms with Crippen molar-refractivity contribution in [3.05, 3.63) is 65.2 Å². The second-order valence-corrected chi connectivity index (χ2v) is 4.37. The molecule has 0 saturated heterocycles. The van der Waals surface area contributed by atoms with Crippen LogP contribution in [0.15, 0.2) is 42.5 Å². The van der Waals surface area contributed by atoms with Gasteiger partial charge < -0.3 is 9.47 Å². The van der Waals surface area contributed by atoms with Crippen LogP contribution in [0.2, 0.25) is 0 Å². The SMILES string of the molecule is COc1c(F)cc(F)cc1C(=O)COCc1ccccc1. The summed E-state index contributed by atoms with van der Waals surface area (Å²) in [7, 11) is 1.22. The number of carbonyl (C=O) groups is 1. The average molecular weight is 292 g/mol. The molecule has 0 aromatic heterocycles. The van der Waals surface area contributed by atoms with Crippen molar-refractivity contribution in [1.29, 1.82) is 0 Å². The smallest absolute Gasteiger partial charge is 0.192 e. The highest BCUT2D eigenvalue weighted by Crippen LogP contribution is 2.24. The summed E-state index contributed by atoms with van der Waals surface area (Å²) in [6, 6.07) is 10.9. The minimum atomic E-state index is -0.913. The van der Waals surface area contributed by atoms with Crippen LogP contribution in [0.25, 0.3) is 0 Å². The third-order valence-electron chi connectivity index (χ3n) is 2.86. The van der Waals surface area contributed by atoms with E-state index in [-0.39, 0.29) is 24.5 Å². The zero-order chi connectivity index (χ0) is 15.2. The first kappa shape index (κ1) is 15.1. The molecule has 0 aliphatic carbocycles. The molecule has 0 amide bonds. The van der Waals surface area contributed by atoms with Crippen LogP contribution in [-0.4, -0.2) is 19.5 Å². The maximum atomic E-state index is 13.5. The van der Waals surface area contributed by atoms with E-state index in [0.29, 0.717) is 6.07 Å². The Bertz CT molecular complexity index is 627. The fraction of sp³-hybridized carbons (Fsp3) is 0.188. The lowest BCUT2D eigenvalue weighted by Gasteiger charge is -2.09. The van der Waals surface area contributed by atoms with Crippen LogP contribution < -0.4 is 4.74 Å². The van der Waals surface area contributed by atoms with E-state index in [0.717, 1.165) is 11.6 Å². The molecule has 3 nitrogen and oxygen atoms in total. The molecule has 0 radical (unpaired) electrons. The van der Waals surface area contributed by atoms with Crippen LogP contribution in [0.4, 0.5) is 8.78 Å². The number of halogens is 2. The molecule has 0 bridgehead atoms. The normalized spacial score (nSPS) is 10.4. The molecule has 0 unspecified atom stereocenters. The summed E-state index contributed by atoms with van der Waals surface area (Å²) in [6.45, 7) is -0.0408. The Morgan fingerprint density at radius 2 is 1.86 bits per heavy atom. The lowest BCUT2D eigenvalue weighted by molar-refractivity contribution is 0.0722. The molecular formula is C16H14F2O3. The number of hydrogen-bond acceptors (Lipinski definition) is 3. The summed E-state index contributed by atoms with van der Waals surface area (Å²) >= 11 is 0. The number of benzene rings is 2. The zero-order valence-corrected chi connectivity index (χ0v) is 11.4. The van der Waals surface area contributed by atoms with Crippen molar-refractivity contribution in [2.75, 3.05) is 13.7 Å². The predicted molar refractivity (Wildman–Crippen MR) is 73.3 cm³/mol. The largest absolute Gasteiger partial charge is 0.493 e. The summed E-state index contributed by atoms with van der Waals surface area (Å²) in [5.41, 5.74) is 0.741. The average Bonchev–Trinajstić information content (AvgIpc) is 2.47. The number of hydrogen-bond donors (Lipinski definition) is 0. The second kappa shape index (κ2) is 6.95. The van der Waals surface area contributed by atoms with Crippen molar-refractivity contribution in [3.8, 4) is 5.75 Å². The summed E-state index contributed by atoms with van der Waals surface area (Å²) < 4.78 is 36.8. The molecule has 0 heterocycles. The Kier molecular flexibility index (Phi) is 5.00. The van der Waals surface area contributed by atoms with Crippen LogP contribution in [0, 0.1) is 11.6 Å². The van der Waals surface area contributed by atoms with Crippen molar-refractivity contribution in [1.82, 2.24) is 0 Å². The van der Waals surface area contributed by atoms with E-state index in [1.165, 1.54) is 7.11 Å². The number of methoxy groups -OCH3 is 1. The van der Waals surface area contributed by atoms with Gasteiger partial charge in [-0.15, -0.1) is 0 Å². The van der Waals surface area contributed by atoms with Gasteiger partial charge in [0.15, 0.2) is 17.3 Å². The van der Waals surface area contributed by atoms with E-state index in [1.54, 1.807) is 0 Å². The van der Waals surface area contributed by atoms with Gasteiger partial charge in [-0.05, 0) is 11.6 Å². The number of ether oxygens (including phenoxy) is 2. The Morgan fingerprint density at radius 1 is 1.14 bits per heavy atom. The fourth-order valence-electron chi connectivity index (χ4n) is 1.89. The minimum absolute atomic E-state index is 0.164. The molecule has 0 fully saturated rings. The molecule has 21 heavy (non-hydrogen) atoms. The first-order valence-electron chi connectivity index (χ1n) is 6.29. The maximum absolute atomic E-state index is 13.5. The van der Waals surface area contributed by atoms with Gasteiger partial charge in [0, 0.05) is 6.07 Å². The van der Waals surface area contributed by atoms with Crippen LogP contribution in [-0.2, 0) is 11.3 Å². The molecule has 2 aromatic rings. The fourth-order valence-corrected chi connectivity index (χ4v) is 1.89. The second-order valence-electron chi connectivity index (χ2n) is 4.37. The van der Waals surface area contributed by atoms with E-state index in [1.807, 2.05) is 30.3 Å². The Balaban J connectivity index is 2.04. The van der Waals surface area contributed by atoms with Gasteiger partial charge >= 0.3 is 0 Å². The number of carbonyl (C=O) groups excluding carboxylic acids is 1. The van der Waals surface area contributed by atoms with Crippen LogP contribution in [0.3, 0.4) is 0 Å². The molecular weight excluding hydrogens is 278 g/mol.